The number of hydrogen-bond donors (Lipinski definition) is 4. The summed E-state index contributed by atoms with van der Waals surface area (Å²) >= 11 is 0. The second-order valence-corrected chi connectivity index (χ2v) is 13.7. The van der Waals surface area contributed by atoms with E-state index in [0.717, 1.165) is 46.1 Å². The van der Waals surface area contributed by atoms with Crippen LogP contribution in [0, 0.1) is 16.7 Å². The molecule has 6 fully saturated rings. The van der Waals surface area contributed by atoms with Gasteiger partial charge in [-0.05, 0) is 6.42 Å². The van der Waals surface area contributed by atoms with Crippen LogP contribution in [0.2, 0.25) is 0 Å². The molecule has 0 amide bonds. The molecule has 16 nitrogen and oxygen atoms in total. The van der Waals surface area contributed by atoms with Gasteiger partial charge in [0.1, 0.15) is 36.6 Å². The number of ether oxygens (including phenoxy) is 12. The molecule has 0 spiro atoms. The molecule has 0 radical (unpaired) electrons. The lowest BCUT2D eigenvalue weighted by atomic mass is 9.88. The van der Waals surface area contributed by atoms with E-state index in [9.17, 15) is 15.3 Å². The Labute approximate surface area is 289 Å². The molecule has 6 saturated heterocycles. The lowest BCUT2D eigenvalue weighted by molar-refractivity contribution is -0.0800. The average Bonchev–Trinajstić information content (AvgIpc) is 3.92. The largest absolute Gasteiger partial charge is 0.396 e. The molecule has 16 heteroatoms. The Morgan fingerprint density at radius 2 is 0.735 bits per heavy atom. The number of epoxide rings is 6. The predicted molar refractivity (Wildman–Crippen MR) is 170 cm³/mol. The topological polar surface area (TPSA) is 211 Å². The first-order valence-corrected chi connectivity index (χ1v) is 17.5. The zero-order chi connectivity index (χ0) is 34.8. The molecule has 6 unspecified atom stereocenters. The quantitative estimate of drug-likeness (QED) is 0.0645. The first-order chi connectivity index (χ1) is 23.9. The lowest BCUT2D eigenvalue weighted by Gasteiger charge is -2.30. The van der Waals surface area contributed by atoms with Crippen LogP contribution in [0.25, 0.3) is 0 Å². The molecule has 0 saturated carbocycles. The molecule has 6 aliphatic rings. The van der Waals surface area contributed by atoms with Gasteiger partial charge in [0.25, 0.3) is 0 Å². The Morgan fingerprint density at radius 3 is 0.959 bits per heavy atom. The van der Waals surface area contributed by atoms with Gasteiger partial charge in [0.2, 0.25) is 0 Å². The maximum Gasteiger partial charge on any atom is 0.104 e. The van der Waals surface area contributed by atoms with Crippen molar-refractivity contribution in [2.24, 2.45) is 16.7 Å². The van der Waals surface area contributed by atoms with Gasteiger partial charge < -0.3 is 77.3 Å². The van der Waals surface area contributed by atoms with Crippen LogP contribution < -0.4 is 0 Å². The van der Waals surface area contributed by atoms with Gasteiger partial charge in [-0.3, -0.25) is 0 Å². The number of aliphatic hydroxyl groups is 4. The zero-order valence-corrected chi connectivity index (χ0v) is 29.0. The number of rotatable bonds is 29. The molecule has 49 heavy (non-hydrogen) atoms. The van der Waals surface area contributed by atoms with Gasteiger partial charge >= 0.3 is 0 Å². The van der Waals surface area contributed by atoms with E-state index in [0.29, 0.717) is 66.1 Å². The standard InChI is InChI=1S/C12H22O5.C11H20O6.C10H18O5/c1-2-12(7-13,8-14-3-10-5-16-10)9-15-4-11-6-17-11;12-5-11(6-13,7-14-1-9-3-16-9)8-15-2-10-4-17-10;11-1-8(2-12-4-9-6-14-9)3-13-5-10-7-15-10/h10-11,13H,2-9H2,1H3;9-10,12-13H,1-8H2;8-11H,1-7H2. The molecular weight excluding hydrogens is 652 g/mol. The summed E-state index contributed by atoms with van der Waals surface area (Å²) in [5.41, 5.74) is -1.02. The summed E-state index contributed by atoms with van der Waals surface area (Å²) in [7, 11) is 0. The number of aliphatic hydroxyl groups excluding tert-OH is 4. The van der Waals surface area contributed by atoms with Crippen molar-refractivity contribution < 1.29 is 77.3 Å². The van der Waals surface area contributed by atoms with Crippen molar-refractivity contribution in [2.45, 2.75) is 50.0 Å². The highest BCUT2D eigenvalue weighted by atomic mass is 16.6. The molecule has 6 aliphatic heterocycles. The van der Waals surface area contributed by atoms with E-state index >= 15 is 0 Å². The summed E-state index contributed by atoms with van der Waals surface area (Å²) < 4.78 is 63.0. The summed E-state index contributed by atoms with van der Waals surface area (Å²) in [4.78, 5) is 0. The van der Waals surface area contributed by atoms with E-state index in [1.807, 2.05) is 6.92 Å². The molecule has 6 heterocycles. The zero-order valence-electron chi connectivity index (χ0n) is 29.0. The summed E-state index contributed by atoms with van der Waals surface area (Å²) in [6, 6.07) is 0. The first kappa shape index (κ1) is 41.1. The minimum atomic E-state index is -0.732. The Hall–Kier alpha value is -0.640. The van der Waals surface area contributed by atoms with Gasteiger partial charge in [0.15, 0.2) is 0 Å². The average molecular weight is 713 g/mol. The molecule has 0 aromatic heterocycles. The van der Waals surface area contributed by atoms with E-state index in [4.69, 9.17) is 61.9 Å². The van der Waals surface area contributed by atoms with Gasteiger partial charge in [-0.2, -0.15) is 0 Å². The summed E-state index contributed by atoms with van der Waals surface area (Å²) in [6.45, 7) is 12.7. The van der Waals surface area contributed by atoms with E-state index < -0.39 is 5.41 Å². The van der Waals surface area contributed by atoms with Crippen LogP contribution in [-0.2, 0) is 56.8 Å². The van der Waals surface area contributed by atoms with Crippen molar-refractivity contribution in [3.63, 3.8) is 0 Å². The van der Waals surface area contributed by atoms with Gasteiger partial charge in [0, 0.05) is 11.3 Å². The van der Waals surface area contributed by atoms with Crippen LogP contribution in [0.15, 0.2) is 0 Å². The van der Waals surface area contributed by atoms with Crippen molar-refractivity contribution in [1.29, 1.82) is 0 Å². The van der Waals surface area contributed by atoms with Crippen molar-refractivity contribution in [1.82, 2.24) is 0 Å². The monoisotopic (exact) mass is 712 g/mol. The minimum Gasteiger partial charge on any atom is -0.396 e. The molecule has 6 rings (SSSR count). The smallest absolute Gasteiger partial charge is 0.104 e. The minimum absolute atomic E-state index is 0.0579. The normalized spacial score (nSPS) is 29.1. The van der Waals surface area contributed by atoms with Crippen LogP contribution in [0.5, 0.6) is 0 Å². The maximum absolute atomic E-state index is 9.52. The van der Waals surface area contributed by atoms with Crippen molar-refractivity contribution in [3.05, 3.63) is 0 Å². The van der Waals surface area contributed by atoms with Gasteiger partial charge in [0.05, 0.1) is 151 Å². The molecule has 6 atom stereocenters. The van der Waals surface area contributed by atoms with Crippen LogP contribution in [0.4, 0.5) is 0 Å². The highest BCUT2D eigenvalue weighted by molar-refractivity contribution is 4.80. The van der Waals surface area contributed by atoms with Gasteiger partial charge in [-0.15, -0.1) is 0 Å². The molecular formula is C33H60O16. The second kappa shape index (κ2) is 22.4. The van der Waals surface area contributed by atoms with Gasteiger partial charge in [-0.1, -0.05) is 6.92 Å². The molecule has 288 valence electrons. The van der Waals surface area contributed by atoms with Crippen LogP contribution in [0.3, 0.4) is 0 Å². The van der Waals surface area contributed by atoms with E-state index in [1.54, 1.807) is 0 Å². The van der Waals surface area contributed by atoms with E-state index in [2.05, 4.69) is 0 Å². The molecule has 0 aromatic carbocycles. The first-order valence-electron chi connectivity index (χ1n) is 17.5. The SMILES string of the molecule is CCC(CO)(COCC1CO1)COCC1CO1.OCC(CO)(COCC1CO1)COCC1CO1.OCC(COCC1CO1)COCC1CO1. The predicted octanol–water partition coefficient (Wildman–Crippen LogP) is -1.58. The molecule has 0 aromatic rings. The Kier molecular flexibility index (Phi) is 18.8. The lowest BCUT2D eigenvalue weighted by Crippen LogP contribution is -2.40. The second-order valence-electron chi connectivity index (χ2n) is 13.7. The Bertz CT molecular complexity index is 731. The molecule has 4 N–H and O–H groups in total. The highest BCUT2D eigenvalue weighted by Gasteiger charge is 2.34. The fourth-order valence-corrected chi connectivity index (χ4v) is 4.22. The third-order valence-electron chi connectivity index (χ3n) is 8.59. The highest BCUT2D eigenvalue weighted by Crippen LogP contribution is 2.24. The van der Waals surface area contributed by atoms with Crippen LogP contribution in [0.1, 0.15) is 13.3 Å². The number of hydrogen-bond acceptors (Lipinski definition) is 16. The fraction of sp³-hybridized carbons (Fsp3) is 1.00. The van der Waals surface area contributed by atoms with Crippen molar-refractivity contribution >= 4 is 0 Å². The Morgan fingerprint density at radius 1 is 0.469 bits per heavy atom. The maximum atomic E-state index is 9.52. The third-order valence-corrected chi connectivity index (χ3v) is 8.59. The summed E-state index contributed by atoms with van der Waals surface area (Å²) in [5.74, 6) is 0.0579. The fourth-order valence-electron chi connectivity index (χ4n) is 4.22. The molecule has 0 bridgehead atoms. The van der Waals surface area contributed by atoms with Gasteiger partial charge in [-0.25, -0.2) is 0 Å². The van der Waals surface area contributed by atoms with Crippen molar-refractivity contribution in [2.75, 3.05) is 145 Å². The van der Waals surface area contributed by atoms with Crippen LogP contribution >= 0.6 is 0 Å². The Balaban J connectivity index is 0.000000166. The summed E-state index contributed by atoms with van der Waals surface area (Å²) in [5, 5.41) is 37.3. The third kappa shape index (κ3) is 19.1. The van der Waals surface area contributed by atoms with Crippen molar-refractivity contribution in [3.8, 4) is 0 Å². The van der Waals surface area contributed by atoms with Crippen LogP contribution in [-0.4, -0.2) is 202 Å². The summed E-state index contributed by atoms with van der Waals surface area (Å²) in [6.07, 6.45) is 2.31. The van der Waals surface area contributed by atoms with E-state index in [1.165, 1.54) is 0 Å². The van der Waals surface area contributed by atoms with E-state index in [-0.39, 0.29) is 87.6 Å². The molecule has 0 aliphatic carbocycles.